The second-order valence-electron chi connectivity index (χ2n) is 14.0. The molecule has 12 nitrogen and oxygen atoms in total. The number of carbonyl (C=O) groups is 6. The first-order chi connectivity index (χ1) is 25.8. The average molecular weight is 776 g/mol. The van der Waals surface area contributed by atoms with Gasteiger partial charge in [0, 0.05) is 40.9 Å². The number of carbonyl (C=O) groups excluding carboxylic acids is 5. The molecule has 0 saturated heterocycles. The van der Waals surface area contributed by atoms with Crippen LogP contribution in [-0.2, 0) is 14.4 Å². The minimum Gasteiger partial charge on any atom is -0.507 e. The normalized spacial score (nSPS) is 30.1. The number of aromatic hydroxyl groups is 1. The van der Waals surface area contributed by atoms with Crippen molar-refractivity contribution in [2.45, 2.75) is 79.6 Å². The molecule has 294 valence electrons. The van der Waals surface area contributed by atoms with Gasteiger partial charge < -0.3 is 30.8 Å². The summed E-state index contributed by atoms with van der Waals surface area (Å²) in [7, 11) is 0. The molecule has 6 atom stereocenters. The summed E-state index contributed by atoms with van der Waals surface area (Å²) in [4.78, 5) is 79.4. The zero-order valence-corrected chi connectivity index (χ0v) is 32.8. The molecular weight excluding hydrogens is 727 g/mol. The molecule has 2 heterocycles. The lowest BCUT2D eigenvalue weighted by Gasteiger charge is -2.25. The fourth-order valence-corrected chi connectivity index (χ4v) is 6.69. The van der Waals surface area contributed by atoms with Gasteiger partial charge in [0.2, 0.25) is 11.6 Å². The van der Waals surface area contributed by atoms with Gasteiger partial charge in [-0.15, -0.1) is 11.8 Å². The number of hydrogen-bond donors (Lipinski definition) is 6. The van der Waals surface area contributed by atoms with Gasteiger partial charge in [0.1, 0.15) is 11.4 Å². The molecule has 13 heteroatoms. The van der Waals surface area contributed by atoms with E-state index in [9.17, 15) is 54.3 Å². The van der Waals surface area contributed by atoms with Crippen LogP contribution in [0.15, 0.2) is 88.1 Å². The Labute approximate surface area is 324 Å². The van der Waals surface area contributed by atoms with Crippen molar-refractivity contribution in [1.29, 1.82) is 0 Å². The van der Waals surface area contributed by atoms with Crippen molar-refractivity contribution in [3.05, 3.63) is 110 Å². The predicted octanol–water partition coefficient (Wildman–Crippen LogP) is 5.27. The van der Waals surface area contributed by atoms with E-state index >= 15 is 0 Å². The number of aliphatic hydroxyl groups is 3. The van der Waals surface area contributed by atoms with Crippen LogP contribution in [0.25, 0.3) is 0 Å². The number of aryl methyl sites for hydroxylation is 1. The number of thioether (sulfide) groups is 1. The molecule has 0 unspecified atom stereocenters. The number of amides is 1. The van der Waals surface area contributed by atoms with Gasteiger partial charge in [-0.25, -0.2) is 0 Å². The van der Waals surface area contributed by atoms with Crippen LogP contribution in [0.4, 0.5) is 0 Å². The summed E-state index contributed by atoms with van der Waals surface area (Å²) in [5.74, 6) is -7.80. The lowest BCUT2D eigenvalue weighted by Crippen LogP contribution is -2.35. The first kappa shape index (κ1) is 44.4. The molecule has 1 aromatic rings. The molecule has 6 N–H and O–H groups in total. The molecule has 1 aromatic carbocycles. The summed E-state index contributed by atoms with van der Waals surface area (Å²) in [6.45, 7) is 11.0. The number of Topliss-reactive ketones (excluding diaryl/α,β-unsaturated/α-hetero) is 4. The SMILES string of the molecule is C/C1=C/C=C\C=C\[C@H](C)[C@@H](O)CC(=O)/C(C)=C/C[C@H](O)/C=C/[C@H](C)[C@H](O)[C@@H](C)/C=C(\C)C(=O)c2c(O)c(C)cc3c2C(=O)C(SCC(=O)O)=C(NC1=O)C3=O. The number of carboxylic acid groups (broad SMARTS) is 1. The summed E-state index contributed by atoms with van der Waals surface area (Å²) >= 11 is 0.487. The number of nitrogens with one attached hydrogen (secondary N) is 1. The number of ketones is 4. The van der Waals surface area contributed by atoms with Crippen LogP contribution in [0.1, 0.15) is 91.0 Å². The number of hydrogen-bond acceptors (Lipinski definition) is 11. The minimum atomic E-state index is -1.32. The van der Waals surface area contributed by atoms with E-state index in [4.69, 9.17) is 0 Å². The zero-order valence-electron chi connectivity index (χ0n) is 32.0. The third kappa shape index (κ3) is 11.3. The van der Waals surface area contributed by atoms with Crippen LogP contribution in [0.5, 0.6) is 5.75 Å². The Hall–Kier alpha value is -4.95. The van der Waals surface area contributed by atoms with Gasteiger partial charge in [0.05, 0.1) is 34.5 Å². The third-order valence-corrected chi connectivity index (χ3v) is 10.5. The highest BCUT2D eigenvalue weighted by molar-refractivity contribution is 8.04. The van der Waals surface area contributed by atoms with Crippen LogP contribution in [-0.4, -0.2) is 84.6 Å². The third-order valence-electron chi connectivity index (χ3n) is 9.46. The van der Waals surface area contributed by atoms with E-state index in [1.165, 1.54) is 51.1 Å². The van der Waals surface area contributed by atoms with Gasteiger partial charge in [0.15, 0.2) is 11.6 Å². The van der Waals surface area contributed by atoms with Gasteiger partial charge in [-0.2, -0.15) is 0 Å². The van der Waals surface area contributed by atoms with Crippen molar-refractivity contribution in [3.8, 4) is 5.75 Å². The van der Waals surface area contributed by atoms with E-state index in [2.05, 4.69) is 5.32 Å². The topological polar surface area (TPSA) is 216 Å². The quantitative estimate of drug-likeness (QED) is 0.217. The van der Waals surface area contributed by atoms with Gasteiger partial charge in [-0.3, -0.25) is 28.8 Å². The van der Waals surface area contributed by atoms with E-state index in [1.54, 1.807) is 58.1 Å². The molecule has 0 spiro atoms. The highest BCUT2D eigenvalue weighted by Gasteiger charge is 2.39. The fourth-order valence-electron chi connectivity index (χ4n) is 5.90. The lowest BCUT2D eigenvalue weighted by molar-refractivity contribution is -0.134. The molecule has 2 aliphatic heterocycles. The second-order valence-corrected chi connectivity index (χ2v) is 15.0. The molecule has 0 radical (unpaired) electrons. The highest BCUT2D eigenvalue weighted by atomic mass is 32.2. The smallest absolute Gasteiger partial charge is 0.313 e. The Morgan fingerprint density at radius 2 is 1.47 bits per heavy atom. The van der Waals surface area contributed by atoms with Gasteiger partial charge in [-0.05, 0) is 56.9 Å². The maximum Gasteiger partial charge on any atom is 0.313 e. The molecule has 4 rings (SSSR count). The van der Waals surface area contributed by atoms with Crippen molar-refractivity contribution in [1.82, 2.24) is 5.32 Å². The summed E-state index contributed by atoms with van der Waals surface area (Å²) in [6, 6.07) is 1.23. The Kier molecular flexibility index (Phi) is 15.8. The molecule has 3 aliphatic rings. The lowest BCUT2D eigenvalue weighted by atomic mass is 9.83. The maximum atomic E-state index is 14.2. The average Bonchev–Trinajstić information content (AvgIpc) is 3.13. The molecule has 1 aliphatic carbocycles. The Bertz CT molecular complexity index is 1960. The standard InChI is InChI=1S/C42H49NO11S/c1-21-11-9-8-10-12-24(4)42(54)43-35-39(52)29-18-27(7)38(51)34(33(29)40(53)41(35)55-20-32(47)48)37(50)26(6)17-25(5)36(49)23(3)14-16-28(44)15-13-22(2)31(46)19-30(21)45/h8-14,16-18,21,23,25,28,30,36,44-45,49,51H,15,19-20H2,1-7H3,(H,43,54)(H,47,48)/b10-8-,11-9+,16-14+,22-13+,24-12-,26-17+/t21-,23-,25-,28-,30-,36-/m0/s1. The van der Waals surface area contributed by atoms with Crippen LogP contribution in [0.2, 0.25) is 0 Å². The predicted molar refractivity (Wildman–Crippen MR) is 210 cm³/mol. The van der Waals surface area contributed by atoms with Crippen LogP contribution in [0.3, 0.4) is 0 Å². The number of benzene rings is 1. The number of aliphatic hydroxyl groups excluding tert-OH is 3. The van der Waals surface area contributed by atoms with Crippen molar-refractivity contribution in [2.24, 2.45) is 17.8 Å². The number of aliphatic carboxylic acids is 1. The van der Waals surface area contributed by atoms with Gasteiger partial charge in [-0.1, -0.05) is 75.5 Å². The molecule has 0 fully saturated rings. The number of phenolic OH excluding ortho intramolecular Hbond substituents is 1. The summed E-state index contributed by atoms with van der Waals surface area (Å²) in [6.07, 6.45) is 10.9. The van der Waals surface area contributed by atoms with E-state index in [1.807, 2.05) is 0 Å². The number of allylic oxidation sites excluding steroid dienone is 8. The van der Waals surface area contributed by atoms with Gasteiger partial charge >= 0.3 is 5.97 Å². The Morgan fingerprint density at radius 1 is 0.800 bits per heavy atom. The Morgan fingerprint density at radius 3 is 2.13 bits per heavy atom. The van der Waals surface area contributed by atoms with Gasteiger partial charge in [0.25, 0.3) is 5.91 Å². The van der Waals surface area contributed by atoms with Crippen LogP contribution in [0, 0.1) is 24.7 Å². The maximum absolute atomic E-state index is 14.2. The molecule has 55 heavy (non-hydrogen) atoms. The minimum absolute atomic E-state index is 0.0337. The summed E-state index contributed by atoms with van der Waals surface area (Å²) < 4.78 is 0. The van der Waals surface area contributed by atoms with Crippen molar-refractivity contribution < 1.29 is 54.3 Å². The second kappa shape index (κ2) is 19.6. The van der Waals surface area contributed by atoms with E-state index in [0.717, 1.165) is 0 Å². The molecule has 0 saturated carbocycles. The van der Waals surface area contributed by atoms with E-state index in [0.29, 0.717) is 17.3 Å². The first-order valence-corrected chi connectivity index (χ1v) is 18.8. The van der Waals surface area contributed by atoms with Crippen molar-refractivity contribution in [3.63, 3.8) is 0 Å². The monoisotopic (exact) mass is 775 g/mol. The zero-order chi connectivity index (χ0) is 41.3. The largest absolute Gasteiger partial charge is 0.507 e. The summed E-state index contributed by atoms with van der Waals surface area (Å²) in [5, 5.41) is 55.3. The fraction of sp³-hybridized carbons (Fsp3) is 0.381. The molecule has 4 bridgehead atoms. The number of fused-ring (bicyclic) bond motifs is 18. The van der Waals surface area contributed by atoms with Crippen LogP contribution >= 0.6 is 11.8 Å². The molecule has 0 aromatic heterocycles. The first-order valence-electron chi connectivity index (χ1n) is 17.8. The number of rotatable bonds is 3. The van der Waals surface area contributed by atoms with Crippen LogP contribution < -0.4 is 5.32 Å². The van der Waals surface area contributed by atoms with E-state index < -0.39 is 98.5 Å². The molecule has 1 amide bonds. The number of carboxylic acids is 1. The van der Waals surface area contributed by atoms with E-state index in [-0.39, 0.29) is 40.9 Å². The van der Waals surface area contributed by atoms with Crippen molar-refractivity contribution >= 4 is 46.8 Å². The van der Waals surface area contributed by atoms with Crippen molar-refractivity contribution in [2.75, 3.05) is 5.75 Å². The Balaban J connectivity index is 2.17. The number of phenols is 1. The highest BCUT2D eigenvalue weighted by Crippen LogP contribution is 2.39. The summed E-state index contributed by atoms with van der Waals surface area (Å²) in [5.41, 5.74) is -1.04. The molecular formula is C42H49NO11S.